The number of pyridine rings is 1. The number of hydrogen-bond donors (Lipinski definition) is 0. The van der Waals surface area contributed by atoms with Gasteiger partial charge in [-0.3, -0.25) is 9.88 Å². The topological polar surface area (TPSA) is 58.3 Å². The minimum atomic E-state index is -0.319. The molecule has 1 aromatic carbocycles. The SMILES string of the molecule is Cc1noc(CN2CCN(c3ccc4c(Cl)ccnc4c3F)CC2)n1. The second-order valence-corrected chi connectivity index (χ2v) is 6.49. The molecule has 1 aliphatic rings. The van der Waals surface area contributed by atoms with Gasteiger partial charge in [-0.05, 0) is 25.1 Å². The molecular weight excluding hydrogens is 345 g/mol. The molecule has 3 aromatic rings. The summed E-state index contributed by atoms with van der Waals surface area (Å²) in [6, 6.07) is 5.28. The molecule has 0 amide bonds. The Hall–Kier alpha value is -2.25. The Morgan fingerprint density at radius 2 is 2.00 bits per heavy atom. The largest absolute Gasteiger partial charge is 0.367 e. The molecule has 2 aromatic heterocycles. The first kappa shape index (κ1) is 16.2. The molecule has 1 fully saturated rings. The van der Waals surface area contributed by atoms with Crippen LogP contribution in [0.4, 0.5) is 10.1 Å². The summed E-state index contributed by atoms with van der Waals surface area (Å²) in [5.41, 5.74) is 0.879. The van der Waals surface area contributed by atoms with Gasteiger partial charge in [0.1, 0.15) is 5.52 Å². The van der Waals surface area contributed by atoms with Gasteiger partial charge in [-0.2, -0.15) is 4.98 Å². The number of benzene rings is 1. The van der Waals surface area contributed by atoms with E-state index >= 15 is 0 Å². The Morgan fingerprint density at radius 1 is 1.20 bits per heavy atom. The van der Waals surface area contributed by atoms with Gasteiger partial charge in [-0.25, -0.2) is 4.39 Å². The summed E-state index contributed by atoms with van der Waals surface area (Å²) in [5, 5.41) is 4.95. The minimum Gasteiger partial charge on any atom is -0.367 e. The fourth-order valence-electron chi connectivity index (χ4n) is 3.13. The van der Waals surface area contributed by atoms with E-state index in [0.717, 1.165) is 26.2 Å². The van der Waals surface area contributed by atoms with Crippen LogP contribution in [0.25, 0.3) is 10.9 Å². The molecule has 0 radical (unpaired) electrons. The van der Waals surface area contributed by atoms with Crippen molar-refractivity contribution in [1.29, 1.82) is 0 Å². The zero-order valence-corrected chi connectivity index (χ0v) is 14.5. The van der Waals surface area contributed by atoms with E-state index in [0.29, 0.717) is 39.9 Å². The number of halogens is 2. The van der Waals surface area contributed by atoms with Gasteiger partial charge in [-0.1, -0.05) is 16.8 Å². The summed E-state index contributed by atoms with van der Waals surface area (Å²) >= 11 is 6.12. The van der Waals surface area contributed by atoms with Gasteiger partial charge >= 0.3 is 0 Å². The first-order valence-electron chi connectivity index (χ1n) is 8.11. The minimum absolute atomic E-state index is 0.314. The highest BCUT2D eigenvalue weighted by Crippen LogP contribution is 2.30. The monoisotopic (exact) mass is 361 g/mol. The predicted molar refractivity (Wildman–Crippen MR) is 93.2 cm³/mol. The molecular formula is C17H17ClFN5O. The van der Waals surface area contributed by atoms with E-state index in [4.69, 9.17) is 16.1 Å². The van der Waals surface area contributed by atoms with Crippen molar-refractivity contribution in [2.24, 2.45) is 0 Å². The molecule has 4 rings (SSSR count). The van der Waals surface area contributed by atoms with Crippen LogP contribution in [0.15, 0.2) is 28.9 Å². The lowest BCUT2D eigenvalue weighted by Gasteiger charge is -2.35. The number of aromatic nitrogens is 3. The molecule has 0 saturated carbocycles. The molecule has 1 aliphatic heterocycles. The third-order valence-electron chi connectivity index (χ3n) is 4.42. The highest BCUT2D eigenvalue weighted by molar-refractivity contribution is 6.35. The van der Waals surface area contributed by atoms with Crippen molar-refractivity contribution in [3.63, 3.8) is 0 Å². The van der Waals surface area contributed by atoms with Crippen molar-refractivity contribution in [2.45, 2.75) is 13.5 Å². The standard InChI is InChI=1S/C17H17ClFN5O/c1-11-21-15(25-22-11)10-23-6-8-24(9-7-23)14-3-2-12-13(18)4-5-20-17(12)16(14)19/h2-5H,6-10H2,1H3. The average molecular weight is 362 g/mol. The maximum Gasteiger partial charge on any atom is 0.240 e. The van der Waals surface area contributed by atoms with E-state index < -0.39 is 0 Å². The van der Waals surface area contributed by atoms with Crippen LogP contribution in [-0.4, -0.2) is 46.2 Å². The van der Waals surface area contributed by atoms with E-state index in [1.54, 1.807) is 19.1 Å². The lowest BCUT2D eigenvalue weighted by atomic mass is 10.1. The van der Waals surface area contributed by atoms with Crippen molar-refractivity contribution in [1.82, 2.24) is 20.0 Å². The fourth-order valence-corrected chi connectivity index (χ4v) is 3.34. The molecule has 25 heavy (non-hydrogen) atoms. The molecule has 0 atom stereocenters. The van der Waals surface area contributed by atoms with E-state index in [-0.39, 0.29) is 5.82 Å². The van der Waals surface area contributed by atoms with E-state index in [2.05, 4.69) is 20.0 Å². The Kier molecular flexibility index (Phi) is 4.27. The van der Waals surface area contributed by atoms with Crippen LogP contribution in [0, 0.1) is 12.7 Å². The summed E-state index contributed by atoms with van der Waals surface area (Å²) in [6.07, 6.45) is 1.53. The van der Waals surface area contributed by atoms with E-state index in [1.165, 1.54) is 6.20 Å². The summed E-state index contributed by atoms with van der Waals surface area (Å²) in [4.78, 5) is 12.6. The molecule has 0 aliphatic carbocycles. The highest BCUT2D eigenvalue weighted by Gasteiger charge is 2.22. The Balaban J connectivity index is 1.49. The van der Waals surface area contributed by atoms with Crippen LogP contribution in [-0.2, 0) is 6.54 Å². The fraction of sp³-hybridized carbons (Fsp3) is 0.353. The number of hydrogen-bond acceptors (Lipinski definition) is 6. The first-order chi connectivity index (χ1) is 12.1. The Morgan fingerprint density at radius 3 is 2.72 bits per heavy atom. The molecule has 0 bridgehead atoms. The lowest BCUT2D eigenvalue weighted by Crippen LogP contribution is -2.46. The number of rotatable bonds is 3. The lowest BCUT2D eigenvalue weighted by molar-refractivity contribution is 0.215. The van der Waals surface area contributed by atoms with Crippen molar-refractivity contribution in [2.75, 3.05) is 31.1 Å². The molecule has 0 spiro atoms. The summed E-state index contributed by atoms with van der Waals surface area (Å²) in [6.45, 7) is 5.44. The number of anilines is 1. The quantitative estimate of drug-likeness (QED) is 0.714. The second-order valence-electron chi connectivity index (χ2n) is 6.09. The van der Waals surface area contributed by atoms with E-state index in [1.807, 2.05) is 11.0 Å². The number of nitrogens with zero attached hydrogens (tertiary/aromatic N) is 5. The summed E-state index contributed by atoms with van der Waals surface area (Å²) < 4.78 is 20.0. The van der Waals surface area contributed by atoms with Crippen LogP contribution >= 0.6 is 11.6 Å². The third-order valence-corrected chi connectivity index (χ3v) is 4.75. The molecule has 130 valence electrons. The van der Waals surface area contributed by atoms with Crippen molar-refractivity contribution in [3.8, 4) is 0 Å². The van der Waals surface area contributed by atoms with Crippen molar-refractivity contribution >= 4 is 28.2 Å². The average Bonchev–Trinajstić information content (AvgIpc) is 3.02. The maximum atomic E-state index is 14.9. The molecule has 0 N–H and O–H groups in total. The van der Waals surface area contributed by atoms with Crippen LogP contribution in [0.2, 0.25) is 5.02 Å². The normalized spacial score (nSPS) is 15.9. The van der Waals surface area contributed by atoms with Crippen molar-refractivity contribution in [3.05, 3.63) is 47.0 Å². The van der Waals surface area contributed by atoms with Gasteiger partial charge in [0.15, 0.2) is 11.6 Å². The molecule has 1 saturated heterocycles. The third kappa shape index (κ3) is 3.17. The highest BCUT2D eigenvalue weighted by atomic mass is 35.5. The van der Waals surface area contributed by atoms with Crippen LogP contribution < -0.4 is 4.90 Å². The van der Waals surface area contributed by atoms with Gasteiger partial charge in [0.25, 0.3) is 0 Å². The number of piperazine rings is 1. The van der Waals surface area contributed by atoms with Gasteiger partial charge in [0.2, 0.25) is 5.89 Å². The predicted octanol–water partition coefficient (Wildman–Crippen LogP) is 3.04. The van der Waals surface area contributed by atoms with Crippen LogP contribution in [0.1, 0.15) is 11.7 Å². The summed E-state index contributed by atoms with van der Waals surface area (Å²) in [7, 11) is 0. The van der Waals surface area contributed by atoms with Gasteiger partial charge in [0.05, 0.1) is 17.3 Å². The van der Waals surface area contributed by atoms with E-state index in [9.17, 15) is 4.39 Å². The summed E-state index contributed by atoms with van der Waals surface area (Å²) in [5.74, 6) is 0.931. The van der Waals surface area contributed by atoms with Gasteiger partial charge < -0.3 is 9.42 Å². The zero-order chi connectivity index (χ0) is 17.4. The molecule has 6 nitrogen and oxygen atoms in total. The van der Waals surface area contributed by atoms with Crippen molar-refractivity contribution < 1.29 is 8.91 Å². The first-order valence-corrected chi connectivity index (χ1v) is 8.49. The number of fused-ring (bicyclic) bond motifs is 1. The Bertz CT molecular complexity index is 907. The molecule has 8 heteroatoms. The second kappa shape index (κ2) is 6.57. The Labute approximate surface area is 149 Å². The molecule has 3 heterocycles. The van der Waals surface area contributed by atoms with Crippen LogP contribution in [0.5, 0.6) is 0 Å². The smallest absolute Gasteiger partial charge is 0.240 e. The molecule has 0 unspecified atom stereocenters. The number of aryl methyl sites for hydroxylation is 1. The van der Waals surface area contributed by atoms with Crippen LogP contribution in [0.3, 0.4) is 0 Å². The maximum absolute atomic E-state index is 14.9. The van der Waals surface area contributed by atoms with Gasteiger partial charge in [0, 0.05) is 37.8 Å². The zero-order valence-electron chi connectivity index (χ0n) is 13.7. The van der Waals surface area contributed by atoms with Gasteiger partial charge in [-0.15, -0.1) is 0 Å².